The van der Waals surface area contributed by atoms with Crippen LogP contribution in [0, 0.1) is 42.3 Å². The molecule has 0 radical (unpaired) electrons. The molecule has 0 amide bonds. The molecule has 4 aliphatic rings. The summed E-state index contributed by atoms with van der Waals surface area (Å²) in [6.45, 7) is 10.6. The molecule has 1 N–H and O–H groups in total. The lowest BCUT2D eigenvalue weighted by atomic mass is 9.42. The number of hydrogen-bond donors (Lipinski definition) is 1. The van der Waals surface area contributed by atoms with Crippen molar-refractivity contribution in [2.75, 3.05) is 6.61 Å². The smallest absolute Gasteiger partial charge is 0.345 e. The van der Waals surface area contributed by atoms with E-state index in [0.717, 1.165) is 16.7 Å². The molecule has 3 unspecified atom stereocenters. The second-order valence-corrected chi connectivity index (χ2v) is 15.5. The maximum Gasteiger partial charge on any atom is 0.345 e. The van der Waals surface area contributed by atoms with Crippen molar-refractivity contribution in [2.45, 2.75) is 84.1 Å². The van der Waals surface area contributed by atoms with Crippen LogP contribution in [0.3, 0.4) is 0 Å². The molecule has 3 fully saturated rings. The minimum absolute atomic E-state index is 0.0360. The lowest BCUT2D eigenvalue weighted by Gasteiger charge is -2.67. The van der Waals surface area contributed by atoms with Crippen LogP contribution in [0.2, 0.25) is 0 Å². The highest BCUT2D eigenvalue weighted by molar-refractivity contribution is 5.89. The zero-order valence-electron chi connectivity index (χ0n) is 29.4. The monoisotopic (exact) mass is 695 g/mol. The highest BCUT2D eigenvalue weighted by Crippen LogP contribution is 2.68. The average Bonchev–Trinajstić information content (AvgIpc) is 3.09. The maximum absolute atomic E-state index is 13.8. The number of aliphatic hydroxyl groups is 1. The number of ether oxygens (including phenoxy) is 4. The minimum Gasteiger partial charge on any atom is -0.482 e. The van der Waals surface area contributed by atoms with Gasteiger partial charge in [-0.1, -0.05) is 37.6 Å². The van der Waals surface area contributed by atoms with E-state index in [2.05, 4.69) is 50.9 Å². The van der Waals surface area contributed by atoms with Gasteiger partial charge in [0.05, 0.1) is 24.4 Å². The van der Waals surface area contributed by atoms with Crippen molar-refractivity contribution in [1.82, 2.24) is 4.98 Å². The maximum atomic E-state index is 13.8. The Labute approximate surface area is 295 Å². The molecule has 266 valence electrons. The van der Waals surface area contributed by atoms with Crippen molar-refractivity contribution >= 4 is 5.97 Å². The summed E-state index contributed by atoms with van der Waals surface area (Å²) in [7, 11) is 0. The van der Waals surface area contributed by atoms with Gasteiger partial charge >= 0.3 is 11.6 Å². The van der Waals surface area contributed by atoms with Crippen molar-refractivity contribution < 1.29 is 37.7 Å². The van der Waals surface area contributed by atoms with E-state index >= 15 is 0 Å². The van der Waals surface area contributed by atoms with Gasteiger partial charge in [0, 0.05) is 40.9 Å². The number of rotatable bonds is 4. The lowest BCUT2D eigenvalue weighted by molar-refractivity contribution is -0.330. The van der Waals surface area contributed by atoms with Crippen LogP contribution in [0.15, 0.2) is 82.3 Å². The van der Waals surface area contributed by atoms with Crippen LogP contribution in [-0.2, 0) is 14.2 Å². The van der Waals surface area contributed by atoms with E-state index < -0.39 is 58.3 Å². The third kappa shape index (κ3) is 5.33. The first-order valence-electron chi connectivity index (χ1n) is 17.6. The lowest BCUT2D eigenvalue weighted by Crippen LogP contribution is -2.72. The zero-order valence-corrected chi connectivity index (χ0v) is 29.4. The number of fused-ring (bicyclic) bond motifs is 6. The number of hydrogen-bond acceptors (Lipinski definition) is 9. The van der Waals surface area contributed by atoms with Crippen LogP contribution in [0.5, 0.6) is 5.75 Å². The summed E-state index contributed by atoms with van der Waals surface area (Å²) in [6.07, 6.45) is 2.04. The SMILES string of the molecule is Cc1ccc([C@@H]2OC[C@@]3(C)C4C[C@H](OC(=O)c5ccc(F)cc5)C5(C)Oc6cc(-c7cccnc7)oc(=O)c6[C@H](O)C5[C@@]4(C)CC[C@@H]3O2)c(C)c1. The van der Waals surface area contributed by atoms with Gasteiger partial charge in [-0.3, -0.25) is 4.98 Å². The van der Waals surface area contributed by atoms with Crippen LogP contribution in [0.4, 0.5) is 4.39 Å². The number of aryl methyl sites for hydroxylation is 2. The minimum atomic E-state index is -1.30. The number of pyridine rings is 1. The third-order valence-electron chi connectivity index (χ3n) is 12.4. The first kappa shape index (κ1) is 33.7. The van der Waals surface area contributed by atoms with Crippen LogP contribution in [-0.4, -0.2) is 40.5 Å². The third-order valence-corrected chi connectivity index (χ3v) is 12.4. The summed E-state index contributed by atoms with van der Waals surface area (Å²) >= 11 is 0. The van der Waals surface area contributed by atoms with E-state index in [1.165, 1.54) is 24.3 Å². The molecule has 9 nitrogen and oxygen atoms in total. The van der Waals surface area contributed by atoms with Crippen molar-refractivity contribution in [3.05, 3.63) is 117 Å². The van der Waals surface area contributed by atoms with Gasteiger partial charge in [0.2, 0.25) is 0 Å². The summed E-state index contributed by atoms with van der Waals surface area (Å²) in [6, 6.07) is 16.5. The number of aromatic nitrogens is 1. The van der Waals surface area contributed by atoms with Crippen LogP contribution in [0.25, 0.3) is 11.3 Å². The van der Waals surface area contributed by atoms with Gasteiger partial charge in [-0.05, 0) is 93.3 Å². The van der Waals surface area contributed by atoms with E-state index in [4.69, 9.17) is 23.4 Å². The van der Waals surface area contributed by atoms with Crippen LogP contribution >= 0.6 is 0 Å². The van der Waals surface area contributed by atoms with Crippen molar-refractivity contribution in [2.24, 2.45) is 22.7 Å². The zero-order chi connectivity index (χ0) is 35.9. The quantitative estimate of drug-likeness (QED) is 0.218. The Balaban J connectivity index is 1.20. The number of esters is 1. The number of carbonyl (C=O) groups excluding carboxylic acids is 1. The van der Waals surface area contributed by atoms with Crippen molar-refractivity contribution in [3.63, 3.8) is 0 Å². The Morgan fingerprint density at radius 2 is 1.82 bits per heavy atom. The summed E-state index contributed by atoms with van der Waals surface area (Å²) in [4.78, 5) is 31.6. The van der Waals surface area contributed by atoms with E-state index in [-0.39, 0.29) is 34.7 Å². The topological polar surface area (TPSA) is 117 Å². The molecule has 0 spiro atoms. The fourth-order valence-corrected chi connectivity index (χ4v) is 9.89. The van der Waals surface area contributed by atoms with E-state index in [0.29, 0.717) is 31.4 Å². The number of aliphatic hydroxyl groups excluding tert-OH is 1. The summed E-state index contributed by atoms with van der Waals surface area (Å²) < 4.78 is 46.1. The summed E-state index contributed by atoms with van der Waals surface area (Å²) in [5.41, 5.74) is 0.919. The van der Waals surface area contributed by atoms with Gasteiger partial charge in [-0.2, -0.15) is 0 Å². The largest absolute Gasteiger partial charge is 0.482 e. The second-order valence-electron chi connectivity index (χ2n) is 15.5. The number of benzene rings is 2. The highest BCUT2D eigenvalue weighted by atomic mass is 19.1. The average molecular weight is 696 g/mol. The summed E-state index contributed by atoms with van der Waals surface area (Å²) in [5.74, 6) is -1.58. The first-order valence-corrected chi connectivity index (χ1v) is 17.6. The predicted octanol–water partition coefficient (Wildman–Crippen LogP) is 7.42. The molecule has 4 aromatic rings. The Morgan fingerprint density at radius 3 is 2.55 bits per heavy atom. The molecular formula is C41H42FNO8. The molecule has 1 saturated heterocycles. The molecule has 0 bridgehead atoms. The Hall–Kier alpha value is -4.38. The second kappa shape index (κ2) is 12.1. The molecule has 2 aromatic carbocycles. The van der Waals surface area contributed by atoms with Crippen molar-refractivity contribution in [1.29, 1.82) is 0 Å². The molecule has 2 aromatic heterocycles. The molecule has 8 rings (SSSR count). The standard InChI is InChI=1S/C41H42FNO8/c1-22-8-13-27(23(2)17-22)38-47-21-40(4)30-19-32(49-36(45)24-9-11-26(42)12-10-24)41(5)35(39(30,3)15-14-31(40)50-38)34(44)33-29(51-41)18-28(48-37(33)46)25-7-6-16-43-20-25/h6-13,16-18,20,30-32,34-35,38,44H,14-15,19,21H2,1-5H3/t30?,31-,32-,34-,35?,38+,39-,40-,41?/m0/s1. The number of nitrogens with zero attached hydrogens (tertiary/aromatic N) is 1. The molecular weight excluding hydrogens is 653 g/mol. The molecule has 9 atom stereocenters. The van der Waals surface area contributed by atoms with Crippen LogP contribution < -0.4 is 10.4 Å². The van der Waals surface area contributed by atoms with Gasteiger partial charge in [-0.15, -0.1) is 0 Å². The summed E-state index contributed by atoms with van der Waals surface area (Å²) in [5, 5.41) is 12.4. The molecule has 10 heteroatoms. The highest BCUT2D eigenvalue weighted by Gasteiger charge is 2.71. The fourth-order valence-electron chi connectivity index (χ4n) is 9.89. The molecule has 2 aliphatic heterocycles. The van der Waals surface area contributed by atoms with E-state index in [1.54, 1.807) is 30.6 Å². The van der Waals surface area contributed by atoms with E-state index in [1.807, 2.05) is 6.92 Å². The Morgan fingerprint density at radius 1 is 1.04 bits per heavy atom. The Kier molecular flexibility index (Phi) is 8.01. The first-order chi connectivity index (χ1) is 24.3. The van der Waals surface area contributed by atoms with Crippen molar-refractivity contribution in [3.8, 4) is 17.1 Å². The van der Waals surface area contributed by atoms with Gasteiger partial charge < -0.3 is 28.5 Å². The molecule has 2 aliphatic carbocycles. The van der Waals surface area contributed by atoms with Gasteiger partial charge in [0.1, 0.15) is 34.6 Å². The van der Waals surface area contributed by atoms with Gasteiger partial charge in [-0.25, -0.2) is 14.0 Å². The fraction of sp³-hybridized carbons (Fsp3) is 0.439. The molecule has 51 heavy (non-hydrogen) atoms. The molecule has 2 saturated carbocycles. The Bertz CT molecular complexity index is 2050. The van der Waals surface area contributed by atoms with Gasteiger partial charge in [0.25, 0.3) is 0 Å². The van der Waals surface area contributed by atoms with Gasteiger partial charge in [0.15, 0.2) is 6.29 Å². The number of halogens is 1. The van der Waals surface area contributed by atoms with E-state index in [9.17, 15) is 19.1 Å². The van der Waals surface area contributed by atoms with Crippen LogP contribution in [0.1, 0.15) is 85.0 Å². The molecule has 4 heterocycles. The normalized spacial score (nSPS) is 33.9. The number of carbonyl (C=O) groups is 1. The predicted molar refractivity (Wildman–Crippen MR) is 184 cm³/mol.